The van der Waals surface area contributed by atoms with Crippen LogP contribution in [0.3, 0.4) is 0 Å². The van der Waals surface area contributed by atoms with Gasteiger partial charge in [-0.3, -0.25) is 4.79 Å². The van der Waals surface area contributed by atoms with Gasteiger partial charge < -0.3 is 19.5 Å². The zero-order chi connectivity index (χ0) is 22.6. The van der Waals surface area contributed by atoms with Crippen LogP contribution in [0.4, 0.5) is 5.69 Å². The second kappa shape index (κ2) is 9.57. The molecule has 168 valence electrons. The Morgan fingerprint density at radius 3 is 2.48 bits per heavy atom. The van der Waals surface area contributed by atoms with Crippen LogP contribution in [-0.2, 0) is 14.8 Å². The lowest BCUT2D eigenvalue weighted by atomic mass is 10.2. The van der Waals surface area contributed by atoms with Crippen LogP contribution in [-0.4, -0.2) is 50.5 Å². The summed E-state index contributed by atoms with van der Waals surface area (Å²) in [5.41, 5.74) is 0.259. The number of fused-ring (bicyclic) bond motifs is 1. The molecule has 31 heavy (non-hydrogen) atoms. The molecule has 0 aliphatic carbocycles. The van der Waals surface area contributed by atoms with Gasteiger partial charge in [0.05, 0.1) is 16.7 Å². The first-order chi connectivity index (χ1) is 14.8. The molecule has 1 heterocycles. The molecular formula is C22H28N2O6S. The molecule has 1 aliphatic heterocycles. The Balaban J connectivity index is 1.88. The van der Waals surface area contributed by atoms with E-state index in [2.05, 4.69) is 5.32 Å². The van der Waals surface area contributed by atoms with Crippen LogP contribution in [0.1, 0.15) is 27.7 Å². The SMILES string of the molecule is CCN(CC)S(=O)(=O)c1ccc(OC(C)C)c(NC(=O)[C@@H]2COc3ccccc3O2)c1. The van der Waals surface area contributed by atoms with Gasteiger partial charge in [-0.2, -0.15) is 4.31 Å². The largest absolute Gasteiger partial charge is 0.489 e. The van der Waals surface area contributed by atoms with Crippen molar-refractivity contribution in [2.24, 2.45) is 0 Å². The molecule has 0 saturated carbocycles. The molecule has 3 rings (SSSR count). The van der Waals surface area contributed by atoms with Gasteiger partial charge in [0.25, 0.3) is 5.91 Å². The minimum absolute atomic E-state index is 0.0423. The van der Waals surface area contributed by atoms with Crippen LogP contribution >= 0.6 is 0 Å². The first-order valence-electron chi connectivity index (χ1n) is 10.3. The summed E-state index contributed by atoms with van der Waals surface area (Å²) in [6, 6.07) is 11.6. The van der Waals surface area contributed by atoms with Gasteiger partial charge in [-0.25, -0.2) is 8.42 Å². The van der Waals surface area contributed by atoms with Gasteiger partial charge in [-0.15, -0.1) is 0 Å². The maximum Gasteiger partial charge on any atom is 0.269 e. The Kier molecular flexibility index (Phi) is 7.07. The topological polar surface area (TPSA) is 94.2 Å². The molecule has 0 aromatic heterocycles. The average Bonchev–Trinajstić information content (AvgIpc) is 2.74. The molecule has 2 aromatic carbocycles. The lowest BCUT2D eigenvalue weighted by Gasteiger charge is -2.26. The van der Waals surface area contributed by atoms with E-state index in [0.717, 1.165) is 0 Å². The Hall–Kier alpha value is -2.78. The van der Waals surface area contributed by atoms with Gasteiger partial charge in [0, 0.05) is 13.1 Å². The number of rotatable bonds is 8. The van der Waals surface area contributed by atoms with Crippen LogP contribution in [0.15, 0.2) is 47.4 Å². The number of carbonyl (C=O) groups is 1. The molecule has 8 nitrogen and oxygen atoms in total. The van der Waals surface area contributed by atoms with Crippen LogP contribution in [0.25, 0.3) is 0 Å². The Bertz CT molecular complexity index is 1030. The molecular weight excluding hydrogens is 420 g/mol. The molecule has 0 unspecified atom stereocenters. The van der Waals surface area contributed by atoms with Gasteiger partial charge in [-0.05, 0) is 44.2 Å². The Morgan fingerprint density at radius 1 is 1.16 bits per heavy atom. The fraction of sp³-hybridized carbons (Fsp3) is 0.409. The van der Waals surface area contributed by atoms with Gasteiger partial charge >= 0.3 is 0 Å². The number of benzene rings is 2. The van der Waals surface area contributed by atoms with Crippen molar-refractivity contribution in [1.82, 2.24) is 4.31 Å². The molecule has 0 radical (unpaired) electrons. The normalized spacial score (nSPS) is 15.7. The number of carbonyl (C=O) groups excluding carboxylic acids is 1. The van der Waals surface area contributed by atoms with E-state index in [4.69, 9.17) is 14.2 Å². The summed E-state index contributed by atoms with van der Waals surface area (Å²) in [5, 5.41) is 2.75. The van der Waals surface area contributed by atoms with Gasteiger partial charge in [0.15, 0.2) is 11.5 Å². The van der Waals surface area contributed by atoms with Crippen LogP contribution in [0.2, 0.25) is 0 Å². The number of nitrogens with zero attached hydrogens (tertiary/aromatic N) is 1. The zero-order valence-corrected chi connectivity index (χ0v) is 18.9. The third-order valence-corrected chi connectivity index (χ3v) is 6.76. The Labute approximate surface area is 183 Å². The van der Waals surface area contributed by atoms with Crippen molar-refractivity contribution in [3.63, 3.8) is 0 Å². The van der Waals surface area contributed by atoms with Crippen molar-refractivity contribution in [2.45, 2.75) is 44.8 Å². The number of anilines is 1. The highest BCUT2D eigenvalue weighted by Gasteiger charge is 2.29. The first-order valence-corrected chi connectivity index (χ1v) is 11.7. The maximum absolute atomic E-state index is 12.9. The number of hydrogen-bond donors (Lipinski definition) is 1. The quantitative estimate of drug-likeness (QED) is 0.666. The highest BCUT2D eigenvalue weighted by Crippen LogP contribution is 2.33. The summed E-state index contributed by atoms with van der Waals surface area (Å²) in [6.45, 7) is 7.98. The fourth-order valence-corrected chi connectivity index (χ4v) is 4.68. The van der Waals surface area contributed by atoms with E-state index >= 15 is 0 Å². The van der Waals surface area contributed by atoms with E-state index in [0.29, 0.717) is 30.3 Å². The van der Waals surface area contributed by atoms with E-state index in [1.165, 1.54) is 16.4 Å². The molecule has 1 aliphatic rings. The van der Waals surface area contributed by atoms with E-state index < -0.39 is 22.0 Å². The second-order valence-electron chi connectivity index (χ2n) is 7.27. The summed E-state index contributed by atoms with van der Waals surface area (Å²) in [4.78, 5) is 13.0. The predicted molar refractivity (Wildman–Crippen MR) is 117 cm³/mol. The van der Waals surface area contributed by atoms with Crippen molar-refractivity contribution in [3.8, 4) is 17.2 Å². The molecule has 0 fully saturated rings. The third kappa shape index (κ3) is 5.11. The lowest BCUT2D eigenvalue weighted by Crippen LogP contribution is -2.40. The molecule has 1 N–H and O–H groups in total. The van der Waals surface area contributed by atoms with Crippen molar-refractivity contribution in [3.05, 3.63) is 42.5 Å². The molecule has 0 bridgehead atoms. The van der Waals surface area contributed by atoms with E-state index in [9.17, 15) is 13.2 Å². The van der Waals surface area contributed by atoms with Crippen LogP contribution in [0.5, 0.6) is 17.2 Å². The zero-order valence-electron chi connectivity index (χ0n) is 18.1. The Morgan fingerprint density at radius 2 is 1.84 bits per heavy atom. The number of sulfonamides is 1. The van der Waals surface area contributed by atoms with Crippen molar-refractivity contribution >= 4 is 21.6 Å². The maximum atomic E-state index is 12.9. The minimum atomic E-state index is -3.70. The summed E-state index contributed by atoms with van der Waals surface area (Å²) in [6.07, 6.45) is -1.05. The van der Waals surface area contributed by atoms with E-state index in [-0.39, 0.29) is 23.3 Å². The average molecular weight is 449 g/mol. The van der Waals surface area contributed by atoms with Crippen molar-refractivity contribution in [1.29, 1.82) is 0 Å². The molecule has 2 aromatic rings. The second-order valence-corrected chi connectivity index (χ2v) is 9.21. The molecule has 0 spiro atoms. The standard InChI is InChI=1S/C22H28N2O6S/c1-5-24(6-2)31(26,27)16-11-12-18(29-15(3)4)17(13-16)23-22(25)21-14-28-19-9-7-8-10-20(19)30-21/h7-13,15,21H,5-6,14H2,1-4H3,(H,23,25)/t21-/m0/s1. The molecule has 1 atom stereocenters. The number of nitrogens with one attached hydrogen (secondary N) is 1. The lowest BCUT2D eigenvalue weighted by molar-refractivity contribution is -0.125. The van der Waals surface area contributed by atoms with Crippen molar-refractivity contribution < 1.29 is 27.4 Å². The van der Waals surface area contributed by atoms with Crippen LogP contribution in [0, 0.1) is 0 Å². The monoisotopic (exact) mass is 448 g/mol. The minimum Gasteiger partial charge on any atom is -0.489 e. The fourth-order valence-electron chi connectivity index (χ4n) is 3.20. The van der Waals surface area contributed by atoms with Gasteiger partial charge in [-0.1, -0.05) is 26.0 Å². The molecule has 1 amide bonds. The summed E-state index contributed by atoms with van der Waals surface area (Å²) < 4.78 is 44.4. The highest BCUT2D eigenvalue weighted by atomic mass is 32.2. The van der Waals surface area contributed by atoms with Gasteiger partial charge in [0.1, 0.15) is 12.4 Å². The van der Waals surface area contributed by atoms with Gasteiger partial charge in [0.2, 0.25) is 16.1 Å². The first kappa shape index (κ1) is 22.9. The van der Waals surface area contributed by atoms with E-state index in [1.54, 1.807) is 38.1 Å². The van der Waals surface area contributed by atoms with E-state index in [1.807, 2.05) is 19.9 Å². The summed E-state index contributed by atoms with van der Waals surface area (Å²) >= 11 is 0. The van der Waals surface area contributed by atoms with Crippen LogP contribution < -0.4 is 19.5 Å². The third-order valence-electron chi connectivity index (χ3n) is 4.72. The summed E-state index contributed by atoms with van der Waals surface area (Å²) in [5.74, 6) is 0.965. The van der Waals surface area contributed by atoms with Crippen molar-refractivity contribution in [2.75, 3.05) is 25.0 Å². The number of amides is 1. The molecule has 9 heteroatoms. The highest BCUT2D eigenvalue weighted by molar-refractivity contribution is 7.89. The molecule has 0 saturated heterocycles. The predicted octanol–water partition coefficient (Wildman–Crippen LogP) is 3.28. The number of para-hydroxylation sites is 2. The number of hydrogen-bond acceptors (Lipinski definition) is 6. The smallest absolute Gasteiger partial charge is 0.269 e. The number of ether oxygens (including phenoxy) is 3. The summed E-state index contributed by atoms with van der Waals surface area (Å²) in [7, 11) is -3.70.